The van der Waals surface area contributed by atoms with E-state index in [0.29, 0.717) is 12.0 Å². The maximum Gasteiger partial charge on any atom is 0.0651 e. The van der Waals surface area contributed by atoms with Gasteiger partial charge in [-0.1, -0.05) is 0 Å². The molecule has 1 aliphatic rings. The molecule has 0 aliphatic heterocycles. The lowest BCUT2D eigenvalue weighted by atomic mass is 9.71. The third-order valence-corrected chi connectivity index (χ3v) is 2.68. The summed E-state index contributed by atoms with van der Waals surface area (Å²) in [7, 11) is 1.77. The van der Waals surface area contributed by atoms with Crippen molar-refractivity contribution in [1.29, 1.82) is 0 Å². The summed E-state index contributed by atoms with van der Waals surface area (Å²) in [6, 6.07) is 0.430. The molecule has 0 spiro atoms. The third kappa shape index (κ3) is 1.32. The van der Waals surface area contributed by atoms with Gasteiger partial charge in [0.2, 0.25) is 0 Å². The Labute approximate surface area is 62.7 Å². The van der Waals surface area contributed by atoms with Crippen molar-refractivity contribution in [3.8, 4) is 0 Å². The highest BCUT2D eigenvalue weighted by molar-refractivity contribution is 4.92. The highest BCUT2D eigenvalue weighted by Gasteiger charge is 2.38. The molecule has 0 amide bonds. The van der Waals surface area contributed by atoms with E-state index in [-0.39, 0.29) is 5.60 Å². The number of hydrogen-bond donors (Lipinski definition) is 1. The fourth-order valence-electron chi connectivity index (χ4n) is 1.40. The van der Waals surface area contributed by atoms with Gasteiger partial charge in [0.15, 0.2) is 0 Å². The molecular weight excluding hydrogens is 126 g/mol. The lowest BCUT2D eigenvalue weighted by molar-refractivity contribution is -0.0610. The van der Waals surface area contributed by atoms with Crippen LogP contribution in [0.4, 0.5) is 0 Å². The zero-order valence-electron chi connectivity index (χ0n) is 7.05. The first-order chi connectivity index (χ1) is 4.56. The molecule has 60 valence electrons. The van der Waals surface area contributed by atoms with E-state index in [1.54, 1.807) is 7.11 Å². The lowest BCUT2D eigenvalue weighted by Crippen LogP contribution is -2.47. The van der Waals surface area contributed by atoms with Crippen LogP contribution in [0.5, 0.6) is 0 Å². The first-order valence-electron chi connectivity index (χ1n) is 3.87. The van der Waals surface area contributed by atoms with Gasteiger partial charge in [-0.25, -0.2) is 0 Å². The maximum absolute atomic E-state index is 5.66. The Morgan fingerprint density at radius 1 is 1.40 bits per heavy atom. The molecule has 0 aromatic carbocycles. The second-order valence-corrected chi connectivity index (χ2v) is 3.74. The van der Waals surface area contributed by atoms with Gasteiger partial charge in [0.05, 0.1) is 5.60 Å². The largest absolute Gasteiger partial charge is 0.379 e. The predicted molar refractivity (Wildman–Crippen MR) is 41.8 cm³/mol. The second-order valence-electron chi connectivity index (χ2n) is 3.74. The maximum atomic E-state index is 5.66. The summed E-state index contributed by atoms with van der Waals surface area (Å²) in [5.74, 6) is 0.674. The van der Waals surface area contributed by atoms with Crippen molar-refractivity contribution >= 4 is 0 Å². The molecule has 1 rings (SSSR count). The van der Waals surface area contributed by atoms with Crippen molar-refractivity contribution in [2.24, 2.45) is 11.7 Å². The van der Waals surface area contributed by atoms with Crippen LogP contribution in [0.1, 0.15) is 26.7 Å². The van der Waals surface area contributed by atoms with E-state index in [2.05, 4.69) is 13.8 Å². The molecule has 1 saturated carbocycles. The lowest BCUT2D eigenvalue weighted by Gasteiger charge is -2.42. The highest BCUT2D eigenvalue weighted by atomic mass is 16.5. The zero-order chi connectivity index (χ0) is 7.78. The van der Waals surface area contributed by atoms with Crippen molar-refractivity contribution in [2.45, 2.75) is 38.3 Å². The van der Waals surface area contributed by atoms with Crippen LogP contribution < -0.4 is 5.73 Å². The summed E-state index contributed by atoms with van der Waals surface area (Å²) in [5, 5.41) is 0. The van der Waals surface area contributed by atoms with Gasteiger partial charge in [-0.2, -0.15) is 0 Å². The smallest absolute Gasteiger partial charge is 0.0651 e. The number of rotatable bonds is 2. The predicted octanol–water partition coefficient (Wildman–Crippen LogP) is 1.15. The van der Waals surface area contributed by atoms with Crippen LogP contribution >= 0.6 is 0 Å². The Bertz CT molecular complexity index is 116. The molecule has 10 heavy (non-hydrogen) atoms. The van der Waals surface area contributed by atoms with E-state index in [1.807, 2.05) is 0 Å². The summed E-state index contributed by atoms with van der Waals surface area (Å²) in [6.45, 7) is 4.26. The molecule has 1 aliphatic carbocycles. The Morgan fingerprint density at radius 3 is 2.20 bits per heavy atom. The minimum Gasteiger partial charge on any atom is -0.379 e. The Balaban J connectivity index is 2.36. The zero-order valence-corrected chi connectivity index (χ0v) is 7.05. The first-order valence-corrected chi connectivity index (χ1v) is 3.87. The Morgan fingerprint density at radius 2 is 1.90 bits per heavy atom. The van der Waals surface area contributed by atoms with Gasteiger partial charge in [-0.15, -0.1) is 0 Å². The van der Waals surface area contributed by atoms with Gasteiger partial charge in [-0.3, -0.25) is 0 Å². The van der Waals surface area contributed by atoms with Gasteiger partial charge in [-0.05, 0) is 32.6 Å². The van der Waals surface area contributed by atoms with Gasteiger partial charge in [0.1, 0.15) is 0 Å². The molecule has 0 radical (unpaired) electrons. The highest BCUT2D eigenvalue weighted by Crippen LogP contribution is 2.36. The SMILES string of the molecule is COC(C)(C)C1CC(N)C1. The van der Waals surface area contributed by atoms with Crippen LogP contribution in [0.15, 0.2) is 0 Å². The van der Waals surface area contributed by atoms with E-state index in [0.717, 1.165) is 12.8 Å². The van der Waals surface area contributed by atoms with Crippen molar-refractivity contribution in [2.75, 3.05) is 7.11 Å². The van der Waals surface area contributed by atoms with Crippen LogP contribution in [0, 0.1) is 5.92 Å². The molecule has 0 aromatic heterocycles. The quantitative estimate of drug-likeness (QED) is 0.629. The molecule has 0 unspecified atom stereocenters. The van der Waals surface area contributed by atoms with Gasteiger partial charge in [0.25, 0.3) is 0 Å². The summed E-state index contributed by atoms with van der Waals surface area (Å²) >= 11 is 0. The molecule has 0 atom stereocenters. The minimum atomic E-state index is 0.0376. The molecular formula is C8H17NO. The normalized spacial score (nSPS) is 33.6. The Hall–Kier alpha value is -0.0800. The van der Waals surface area contributed by atoms with Gasteiger partial charge in [0, 0.05) is 13.2 Å². The average Bonchev–Trinajstić information content (AvgIpc) is 1.81. The third-order valence-electron chi connectivity index (χ3n) is 2.68. The van der Waals surface area contributed by atoms with Crippen LogP contribution in [0.3, 0.4) is 0 Å². The molecule has 0 heterocycles. The minimum absolute atomic E-state index is 0.0376. The van der Waals surface area contributed by atoms with Gasteiger partial charge >= 0.3 is 0 Å². The van der Waals surface area contributed by atoms with E-state index >= 15 is 0 Å². The van der Waals surface area contributed by atoms with Crippen LogP contribution in [0.2, 0.25) is 0 Å². The molecule has 0 aromatic rings. The fraction of sp³-hybridized carbons (Fsp3) is 1.00. The van der Waals surface area contributed by atoms with Crippen LogP contribution in [0.25, 0.3) is 0 Å². The Kier molecular flexibility index (Phi) is 2.02. The van der Waals surface area contributed by atoms with Crippen molar-refractivity contribution < 1.29 is 4.74 Å². The number of methoxy groups -OCH3 is 1. The van der Waals surface area contributed by atoms with Crippen LogP contribution in [-0.4, -0.2) is 18.8 Å². The molecule has 2 heteroatoms. The topological polar surface area (TPSA) is 35.2 Å². The van der Waals surface area contributed by atoms with Gasteiger partial charge < -0.3 is 10.5 Å². The summed E-state index contributed by atoms with van der Waals surface area (Å²) in [5.41, 5.74) is 5.70. The average molecular weight is 143 g/mol. The summed E-state index contributed by atoms with van der Waals surface area (Å²) < 4.78 is 5.33. The molecule has 1 fully saturated rings. The van der Waals surface area contributed by atoms with Crippen molar-refractivity contribution in [3.05, 3.63) is 0 Å². The number of ether oxygens (including phenoxy) is 1. The number of nitrogens with two attached hydrogens (primary N) is 1. The van der Waals surface area contributed by atoms with E-state index in [9.17, 15) is 0 Å². The first kappa shape index (κ1) is 8.02. The van der Waals surface area contributed by atoms with Crippen LogP contribution in [-0.2, 0) is 4.74 Å². The molecule has 0 bridgehead atoms. The molecule has 0 saturated heterocycles. The monoisotopic (exact) mass is 143 g/mol. The van der Waals surface area contributed by atoms with E-state index < -0.39 is 0 Å². The molecule has 2 nitrogen and oxygen atoms in total. The van der Waals surface area contributed by atoms with E-state index in [4.69, 9.17) is 10.5 Å². The van der Waals surface area contributed by atoms with E-state index in [1.165, 1.54) is 0 Å². The van der Waals surface area contributed by atoms with Crippen molar-refractivity contribution in [1.82, 2.24) is 0 Å². The fourth-order valence-corrected chi connectivity index (χ4v) is 1.40. The second kappa shape index (κ2) is 2.51. The molecule has 2 N–H and O–H groups in total. The standard InChI is InChI=1S/C8H17NO/c1-8(2,10-3)6-4-7(9)5-6/h6-7H,4-5,9H2,1-3H3. The van der Waals surface area contributed by atoms with Crippen molar-refractivity contribution in [3.63, 3.8) is 0 Å². The summed E-state index contributed by atoms with van der Waals surface area (Å²) in [6.07, 6.45) is 2.25. The summed E-state index contributed by atoms with van der Waals surface area (Å²) in [4.78, 5) is 0. The number of hydrogen-bond acceptors (Lipinski definition) is 2.